The topological polar surface area (TPSA) is 40.5 Å². The highest BCUT2D eigenvalue weighted by Crippen LogP contribution is 2.46. The second-order valence-corrected chi connectivity index (χ2v) is 18.6. The molecule has 0 amide bonds. The summed E-state index contributed by atoms with van der Waals surface area (Å²) in [7, 11) is 0. The van der Waals surface area contributed by atoms with Crippen molar-refractivity contribution < 1.29 is 54.1 Å². The number of phenolic OH excluding ortho intramolecular Hbond substituents is 2. The van der Waals surface area contributed by atoms with Crippen LogP contribution < -0.4 is 0 Å². The predicted octanol–water partition coefficient (Wildman–Crippen LogP) is 13.7. The lowest BCUT2D eigenvalue weighted by molar-refractivity contribution is 0.380. The Bertz CT molecular complexity index is 1930. The lowest BCUT2D eigenvalue weighted by Gasteiger charge is -2.30. The van der Waals surface area contributed by atoms with Gasteiger partial charge in [0, 0.05) is 44.3 Å². The van der Waals surface area contributed by atoms with E-state index in [-0.39, 0.29) is 33.1 Å². The van der Waals surface area contributed by atoms with E-state index in [1.165, 1.54) is 35.7 Å². The van der Waals surface area contributed by atoms with Crippen LogP contribution in [0.3, 0.4) is 0 Å². The van der Waals surface area contributed by atoms with Crippen molar-refractivity contribution in [2.45, 2.75) is 113 Å². The third-order valence-corrected chi connectivity index (χ3v) is 13.2. The molecule has 0 aliphatic heterocycles. The van der Waals surface area contributed by atoms with Crippen LogP contribution in [0.15, 0.2) is 24.3 Å². The van der Waals surface area contributed by atoms with Crippen LogP contribution in [0, 0.1) is 58.2 Å². The van der Waals surface area contributed by atoms with Gasteiger partial charge in [0.1, 0.15) is 11.5 Å². The van der Waals surface area contributed by atoms with Crippen molar-refractivity contribution in [1.29, 1.82) is 0 Å². The Morgan fingerprint density at radius 1 is 0.464 bits per heavy atom. The molecule has 2 nitrogen and oxygen atoms in total. The molecular formula is C42H42F10O2S2. The highest BCUT2D eigenvalue weighted by atomic mass is 32.2. The summed E-state index contributed by atoms with van der Waals surface area (Å²) in [6.07, 6.45) is 4.99. The van der Waals surface area contributed by atoms with Crippen LogP contribution in [-0.2, 0) is 22.3 Å². The maximum absolute atomic E-state index is 15.1. The zero-order chi connectivity index (χ0) is 41.6. The van der Waals surface area contributed by atoms with Gasteiger partial charge in [-0.3, -0.25) is 0 Å². The maximum atomic E-state index is 15.1. The van der Waals surface area contributed by atoms with E-state index in [4.69, 9.17) is 0 Å². The van der Waals surface area contributed by atoms with E-state index in [1.807, 2.05) is 0 Å². The molecule has 56 heavy (non-hydrogen) atoms. The molecule has 0 aromatic heterocycles. The van der Waals surface area contributed by atoms with E-state index in [1.54, 1.807) is 53.7 Å². The van der Waals surface area contributed by atoms with Crippen molar-refractivity contribution in [3.05, 3.63) is 105 Å². The Hall–Kier alpha value is -3.52. The normalized spacial score (nSPS) is 16.9. The molecule has 1 saturated carbocycles. The number of halogens is 10. The Balaban J connectivity index is 1.51. The fourth-order valence-electron chi connectivity index (χ4n) is 6.73. The third kappa shape index (κ3) is 8.66. The zero-order valence-electron chi connectivity index (χ0n) is 31.6. The predicted molar refractivity (Wildman–Crippen MR) is 202 cm³/mol. The highest BCUT2D eigenvalue weighted by molar-refractivity contribution is 8.03. The lowest BCUT2D eigenvalue weighted by atomic mass is 9.83. The SMILES string of the molecule is CC(C)(C)c1cc(CSC2CCCCCCC2SCc2cc(C(C)(C)C)cc(-c3c(F)c(F)c(F)c(F)c3F)c2O)c(O)c(-c2c(F)c(F)c(F)c(F)c2F)c1. The Kier molecular flexibility index (Phi) is 13.0. The van der Waals surface area contributed by atoms with Gasteiger partial charge in [-0.1, -0.05) is 79.4 Å². The molecule has 2 unspecified atom stereocenters. The van der Waals surface area contributed by atoms with Crippen molar-refractivity contribution in [3.63, 3.8) is 0 Å². The van der Waals surface area contributed by atoms with E-state index >= 15 is 17.6 Å². The molecule has 4 aromatic rings. The van der Waals surface area contributed by atoms with Gasteiger partial charge < -0.3 is 10.2 Å². The van der Waals surface area contributed by atoms with E-state index in [0.29, 0.717) is 24.0 Å². The summed E-state index contributed by atoms with van der Waals surface area (Å²) in [4.78, 5) is 0. The maximum Gasteiger partial charge on any atom is 0.200 e. The average molecular weight is 833 g/mol. The van der Waals surface area contributed by atoms with E-state index < -0.39 is 103 Å². The van der Waals surface area contributed by atoms with E-state index in [0.717, 1.165) is 25.7 Å². The number of aromatic hydroxyl groups is 2. The molecule has 0 bridgehead atoms. The van der Waals surface area contributed by atoms with Gasteiger partial charge in [0.15, 0.2) is 46.5 Å². The number of hydrogen-bond acceptors (Lipinski definition) is 4. The molecule has 0 radical (unpaired) electrons. The van der Waals surface area contributed by atoms with Crippen LogP contribution in [0.25, 0.3) is 22.3 Å². The molecule has 4 aromatic carbocycles. The van der Waals surface area contributed by atoms with Crippen LogP contribution >= 0.6 is 23.5 Å². The first kappa shape index (κ1) is 43.6. The Morgan fingerprint density at radius 2 is 0.750 bits per heavy atom. The quantitative estimate of drug-likeness (QED) is 0.105. The molecule has 0 saturated heterocycles. The van der Waals surface area contributed by atoms with E-state index in [2.05, 4.69) is 0 Å². The van der Waals surface area contributed by atoms with Gasteiger partial charge in [0.05, 0.1) is 11.1 Å². The van der Waals surface area contributed by atoms with Gasteiger partial charge in [0.25, 0.3) is 0 Å². The summed E-state index contributed by atoms with van der Waals surface area (Å²) >= 11 is 2.87. The third-order valence-electron chi connectivity index (χ3n) is 10.1. The molecule has 1 aliphatic carbocycles. The highest BCUT2D eigenvalue weighted by Gasteiger charge is 2.33. The number of thioether (sulfide) groups is 2. The van der Waals surface area contributed by atoms with Gasteiger partial charge in [-0.2, -0.15) is 23.5 Å². The van der Waals surface area contributed by atoms with Gasteiger partial charge in [0.2, 0.25) is 11.6 Å². The van der Waals surface area contributed by atoms with Crippen molar-refractivity contribution in [2.75, 3.05) is 0 Å². The summed E-state index contributed by atoms with van der Waals surface area (Å²) in [6.45, 7) is 10.8. The van der Waals surface area contributed by atoms with Gasteiger partial charge in [-0.15, -0.1) is 0 Å². The molecule has 304 valence electrons. The number of hydrogen-bond donors (Lipinski definition) is 2. The minimum absolute atomic E-state index is 0.0923. The standard InChI is InChI=1S/C42H42F10O2S2/c1-41(2,3)21-13-19(39(53)23(15-21)27-29(43)33(47)37(51)34(48)30(27)44)17-55-25-11-9-7-8-10-12-26(25)56-18-20-14-22(42(4,5)6)16-24(40(20)54)28-31(45)35(49)38(52)36(50)32(28)46/h13-16,25-26,53-54H,7-12,17-18H2,1-6H3. The molecule has 0 heterocycles. The number of phenols is 2. The second-order valence-electron chi connectivity index (χ2n) is 16.1. The van der Waals surface area contributed by atoms with Crippen molar-refractivity contribution >= 4 is 23.5 Å². The fourth-order valence-corrected chi connectivity index (χ4v) is 9.80. The second kappa shape index (κ2) is 16.8. The molecule has 1 aliphatic rings. The molecule has 5 rings (SSSR count). The van der Waals surface area contributed by atoms with Gasteiger partial charge in [-0.05, 0) is 46.9 Å². The minimum atomic E-state index is -2.31. The summed E-state index contributed by atoms with van der Waals surface area (Å²) in [5.41, 5.74) is -3.48. The smallest absolute Gasteiger partial charge is 0.200 e. The number of benzene rings is 4. The zero-order valence-corrected chi connectivity index (χ0v) is 33.2. The molecule has 0 spiro atoms. The molecule has 1 fully saturated rings. The fraction of sp³-hybridized carbons (Fsp3) is 0.429. The summed E-state index contributed by atoms with van der Waals surface area (Å²) < 4.78 is 145. The molecular weight excluding hydrogens is 791 g/mol. The van der Waals surface area contributed by atoms with Crippen LogP contribution in [0.2, 0.25) is 0 Å². The van der Waals surface area contributed by atoms with Crippen LogP contribution in [0.4, 0.5) is 43.9 Å². The van der Waals surface area contributed by atoms with Gasteiger partial charge in [-0.25, -0.2) is 43.9 Å². The Morgan fingerprint density at radius 3 is 1.04 bits per heavy atom. The first-order valence-corrected chi connectivity index (χ1v) is 20.1. The summed E-state index contributed by atoms with van der Waals surface area (Å²) in [5, 5.41) is 22.5. The van der Waals surface area contributed by atoms with Crippen LogP contribution in [-0.4, -0.2) is 20.7 Å². The van der Waals surface area contributed by atoms with E-state index in [9.17, 15) is 36.6 Å². The molecule has 2 N–H and O–H groups in total. The van der Waals surface area contributed by atoms with Crippen molar-refractivity contribution in [3.8, 4) is 33.8 Å². The van der Waals surface area contributed by atoms with Gasteiger partial charge >= 0.3 is 0 Å². The van der Waals surface area contributed by atoms with Crippen LogP contribution in [0.1, 0.15) is 102 Å². The monoisotopic (exact) mass is 832 g/mol. The lowest BCUT2D eigenvalue weighted by Crippen LogP contribution is -2.22. The summed E-state index contributed by atoms with van der Waals surface area (Å²) in [6, 6.07) is 5.71. The van der Waals surface area contributed by atoms with Crippen molar-refractivity contribution in [2.24, 2.45) is 0 Å². The molecule has 14 heteroatoms. The first-order valence-electron chi connectivity index (χ1n) is 18.1. The number of rotatable bonds is 8. The average Bonchev–Trinajstić information content (AvgIpc) is 3.12. The summed E-state index contributed by atoms with van der Waals surface area (Å²) in [5.74, 6) is -22.5. The Labute approximate surface area is 328 Å². The first-order chi connectivity index (χ1) is 26.1. The molecule has 2 atom stereocenters. The largest absolute Gasteiger partial charge is 0.507 e. The minimum Gasteiger partial charge on any atom is -0.507 e. The van der Waals surface area contributed by atoms with Crippen LogP contribution in [0.5, 0.6) is 11.5 Å². The van der Waals surface area contributed by atoms with Crippen molar-refractivity contribution in [1.82, 2.24) is 0 Å².